The minimum Gasteiger partial charge on any atom is -0.355 e. The topological polar surface area (TPSA) is 29.1 Å². The van der Waals surface area contributed by atoms with Crippen LogP contribution in [-0.4, -0.2) is 13.0 Å². The molecule has 0 saturated heterocycles. The minimum atomic E-state index is -0.434. The Morgan fingerprint density at radius 2 is 2.25 bits per heavy atom. The molecule has 0 aliphatic carbocycles. The molecule has 0 radical (unpaired) electrons. The highest BCUT2D eigenvalue weighted by atomic mass is 79.9. The second-order valence-corrected chi connectivity index (χ2v) is 2.97. The first kappa shape index (κ1) is 9.19. The molecule has 4 heteroatoms. The Morgan fingerprint density at radius 1 is 1.58 bits per heavy atom. The van der Waals surface area contributed by atoms with Crippen LogP contribution in [0.2, 0.25) is 0 Å². The molecule has 64 valence electrons. The molecule has 1 aromatic carbocycles. The van der Waals surface area contributed by atoms with Crippen molar-refractivity contribution in [3.8, 4) is 0 Å². The normalized spacial score (nSPS) is 9.58. The van der Waals surface area contributed by atoms with Crippen molar-refractivity contribution in [1.82, 2.24) is 5.32 Å². The van der Waals surface area contributed by atoms with Crippen molar-refractivity contribution in [1.29, 1.82) is 0 Å². The molecule has 0 heterocycles. The Bertz CT molecular complexity index is 314. The third-order valence-electron chi connectivity index (χ3n) is 1.42. The van der Waals surface area contributed by atoms with Gasteiger partial charge in [-0.15, -0.1) is 0 Å². The lowest BCUT2D eigenvalue weighted by atomic mass is 10.2. The third-order valence-corrected chi connectivity index (χ3v) is 2.23. The van der Waals surface area contributed by atoms with E-state index in [1.54, 1.807) is 6.07 Å². The van der Waals surface area contributed by atoms with E-state index in [2.05, 4.69) is 21.2 Å². The zero-order chi connectivity index (χ0) is 9.14. The summed E-state index contributed by atoms with van der Waals surface area (Å²) in [6.45, 7) is 0. The molecule has 0 aromatic heterocycles. The summed E-state index contributed by atoms with van der Waals surface area (Å²) in [5.74, 6) is -0.738. The molecule has 1 rings (SSSR count). The first-order valence-electron chi connectivity index (χ1n) is 3.33. The van der Waals surface area contributed by atoms with Crippen molar-refractivity contribution in [3.63, 3.8) is 0 Å². The van der Waals surface area contributed by atoms with Crippen molar-refractivity contribution in [2.75, 3.05) is 7.05 Å². The van der Waals surface area contributed by atoms with Crippen LogP contribution in [0.4, 0.5) is 4.39 Å². The number of rotatable bonds is 1. The largest absolute Gasteiger partial charge is 0.355 e. The van der Waals surface area contributed by atoms with E-state index in [1.165, 1.54) is 19.2 Å². The van der Waals surface area contributed by atoms with Gasteiger partial charge in [-0.05, 0) is 28.1 Å². The zero-order valence-corrected chi connectivity index (χ0v) is 7.98. The summed E-state index contributed by atoms with van der Waals surface area (Å²) < 4.78 is 13.0. The number of carbonyl (C=O) groups is 1. The second-order valence-electron chi connectivity index (χ2n) is 2.18. The SMILES string of the molecule is CNC(=O)c1cccc(F)c1Br. The lowest BCUT2D eigenvalue weighted by Gasteiger charge is -2.02. The Hall–Kier alpha value is -0.900. The molecule has 12 heavy (non-hydrogen) atoms. The quantitative estimate of drug-likeness (QED) is 0.787. The third kappa shape index (κ3) is 1.64. The molecule has 1 aromatic rings. The lowest BCUT2D eigenvalue weighted by molar-refractivity contribution is 0.0962. The van der Waals surface area contributed by atoms with Crippen molar-refractivity contribution < 1.29 is 9.18 Å². The van der Waals surface area contributed by atoms with Gasteiger partial charge in [0.25, 0.3) is 5.91 Å². The van der Waals surface area contributed by atoms with Gasteiger partial charge in [0.15, 0.2) is 0 Å². The number of hydrogen-bond acceptors (Lipinski definition) is 1. The molecule has 0 aliphatic heterocycles. The first-order chi connectivity index (χ1) is 5.66. The highest BCUT2D eigenvalue weighted by molar-refractivity contribution is 9.10. The molecule has 0 aliphatic rings. The molecule has 1 amide bonds. The molecule has 1 N–H and O–H groups in total. The van der Waals surface area contributed by atoms with Gasteiger partial charge in [-0.3, -0.25) is 4.79 Å². The molecular weight excluding hydrogens is 225 g/mol. The summed E-state index contributed by atoms with van der Waals surface area (Å²) >= 11 is 2.99. The van der Waals surface area contributed by atoms with Crippen molar-refractivity contribution in [2.45, 2.75) is 0 Å². The molecule has 2 nitrogen and oxygen atoms in total. The van der Waals surface area contributed by atoms with Crippen LogP contribution in [0.5, 0.6) is 0 Å². The van der Waals surface area contributed by atoms with Gasteiger partial charge in [-0.2, -0.15) is 0 Å². The van der Waals surface area contributed by atoms with E-state index in [0.717, 1.165) is 0 Å². The van der Waals surface area contributed by atoms with Crippen LogP contribution in [0, 0.1) is 5.82 Å². The van der Waals surface area contributed by atoms with Gasteiger partial charge in [-0.1, -0.05) is 6.07 Å². The smallest absolute Gasteiger partial charge is 0.252 e. The van der Waals surface area contributed by atoms with Crippen LogP contribution >= 0.6 is 15.9 Å². The molecule has 0 fully saturated rings. The van der Waals surface area contributed by atoms with Crippen LogP contribution in [0.3, 0.4) is 0 Å². The lowest BCUT2D eigenvalue weighted by Crippen LogP contribution is -2.18. The van der Waals surface area contributed by atoms with Gasteiger partial charge in [0.05, 0.1) is 10.0 Å². The highest BCUT2D eigenvalue weighted by Crippen LogP contribution is 2.19. The fourth-order valence-corrected chi connectivity index (χ4v) is 1.26. The number of benzene rings is 1. The van der Waals surface area contributed by atoms with Crippen LogP contribution < -0.4 is 5.32 Å². The van der Waals surface area contributed by atoms with Crippen molar-refractivity contribution in [3.05, 3.63) is 34.1 Å². The van der Waals surface area contributed by atoms with Crippen molar-refractivity contribution in [2.24, 2.45) is 0 Å². The van der Waals surface area contributed by atoms with E-state index in [0.29, 0.717) is 5.56 Å². The maximum Gasteiger partial charge on any atom is 0.252 e. The summed E-state index contributed by atoms with van der Waals surface area (Å²) in [7, 11) is 1.50. The fraction of sp³-hybridized carbons (Fsp3) is 0.125. The van der Waals surface area contributed by atoms with Gasteiger partial charge < -0.3 is 5.32 Å². The van der Waals surface area contributed by atoms with Crippen molar-refractivity contribution >= 4 is 21.8 Å². The van der Waals surface area contributed by atoms with E-state index in [4.69, 9.17) is 0 Å². The average molecular weight is 232 g/mol. The van der Waals surface area contributed by atoms with Crippen LogP contribution in [0.25, 0.3) is 0 Å². The summed E-state index contributed by atoms with van der Waals surface area (Å²) in [4.78, 5) is 11.1. The predicted octanol–water partition coefficient (Wildman–Crippen LogP) is 1.95. The summed E-state index contributed by atoms with van der Waals surface area (Å²) in [5, 5.41) is 2.41. The van der Waals surface area contributed by atoms with Gasteiger partial charge in [-0.25, -0.2) is 4.39 Å². The maximum absolute atomic E-state index is 12.8. The van der Waals surface area contributed by atoms with Gasteiger partial charge in [0.1, 0.15) is 5.82 Å². The van der Waals surface area contributed by atoms with E-state index in [1.807, 2.05) is 0 Å². The number of carbonyl (C=O) groups excluding carboxylic acids is 1. The fourth-order valence-electron chi connectivity index (χ4n) is 0.814. The molecule has 0 bridgehead atoms. The average Bonchev–Trinajstić information content (AvgIpc) is 2.08. The standard InChI is InChI=1S/C8H7BrFNO/c1-11-8(12)5-3-2-4-6(10)7(5)9/h2-4H,1H3,(H,11,12). The summed E-state index contributed by atoms with van der Waals surface area (Å²) in [5.41, 5.74) is 0.303. The van der Waals surface area contributed by atoms with Crippen LogP contribution in [0.1, 0.15) is 10.4 Å². The Kier molecular flexibility index (Phi) is 2.81. The number of hydrogen-bond donors (Lipinski definition) is 1. The van der Waals surface area contributed by atoms with E-state index < -0.39 is 5.82 Å². The number of nitrogens with one attached hydrogen (secondary N) is 1. The van der Waals surface area contributed by atoms with E-state index in [9.17, 15) is 9.18 Å². The minimum absolute atomic E-state index is 0.198. The number of amides is 1. The van der Waals surface area contributed by atoms with Gasteiger partial charge >= 0.3 is 0 Å². The van der Waals surface area contributed by atoms with E-state index >= 15 is 0 Å². The number of halogens is 2. The van der Waals surface area contributed by atoms with Gasteiger partial charge in [0.2, 0.25) is 0 Å². The summed E-state index contributed by atoms with van der Waals surface area (Å²) in [6, 6.07) is 4.33. The Morgan fingerprint density at radius 3 is 2.83 bits per heavy atom. The highest BCUT2D eigenvalue weighted by Gasteiger charge is 2.10. The van der Waals surface area contributed by atoms with Crippen LogP contribution in [0.15, 0.2) is 22.7 Å². The summed E-state index contributed by atoms with van der Waals surface area (Å²) in [6.07, 6.45) is 0. The first-order valence-corrected chi connectivity index (χ1v) is 4.12. The molecule has 0 spiro atoms. The Balaban J connectivity index is 3.16. The zero-order valence-electron chi connectivity index (χ0n) is 6.40. The van der Waals surface area contributed by atoms with Crippen LogP contribution in [-0.2, 0) is 0 Å². The molecule has 0 saturated carbocycles. The predicted molar refractivity (Wildman–Crippen MR) is 47.5 cm³/mol. The Labute approximate surface area is 77.9 Å². The van der Waals surface area contributed by atoms with Gasteiger partial charge in [0, 0.05) is 7.05 Å². The molecule has 0 unspecified atom stereocenters. The van der Waals surface area contributed by atoms with E-state index in [-0.39, 0.29) is 10.4 Å². The molecule has 0 atom stereocenters. The second kappa shape index (κ2) is 3.67. The maximum atomic E-state index is 12.8. The monoisotopic (exact) mass is 231 g/mol. The molecular formula is C8H7BrFNO.